The van der Waals surface area contributed by atoms with Crippen LogP contribution < -0.4 is 11.1 Å². The second kappa shape index (κ2) is 8.84. The van der Waals surface area contributed by atoms with Crippen LogP contribution in [0.3, 0.4) is 0 Å². The van der Waals surface area contributed by atoms with Crippen molar-refractivity contribution in [2.75, 3.05) is 59.5 Å². The highest BCUT2D eigenvalue weighted by Gasteiger charge is 2.19. The first-order valence-electron chi connectivity index (χ1n) is 6.61. The molecule has 0 saturated carbocycles. The van der Waals surface area contributed by atoms with Crippen molar-refractivity contribution in [1.82, 2.24) is 15.1 Å². The molecule has 0 aromatic heterocycles. The molecule has 0 aromatic carbocycles. The molecule has 7 heteroatoms. The first-order valence-corrected chi connectivity index (χ1v) is 6.61. The second-order valence-corrected chi connectivity index (χ2v) is 4.65. The van der Waals surface area contributed by atoms with E-state index in [-0.39, 0.29) is 18.4 Å². The first-order chi connectivity index (χ1) is 9.13. The van der Waals surface area contributed by atoms with Crippen LogP contribution >= 0.6 is 0 Å². The highest BCUT2D eigenvalue weighted by molar-refractivity contribution is 5.78. The lowest BCUT2D eigenvalue weighted by atomic mass is 10.3. The van der Waals surface area contributed by atoms with Crippen molar-refractivity contribution < 1.29 is 14.3 Å². The lowest BCUT2D eigenvalue weighted by Crippen LogP contribution is -2.41. The molecule has 1 saturated heterocycles. The number of methoxy groups -OCH3 is 1. The predicted molar refractivity (Wildman–Crippen MR) is 71.6 cm³/mol. The Hall–Kier alpha value is -1.18. The van der Waals surface area contributed by atoms with Gasteiger partial charge in [0.2, 0.25) is 11.8 Å². The fourth-order valence-corrected chi connectivity index (χ4v) is 2.08. The molecule has 0 radical (unpaired) electrons. The molecule has 1 heterocycles. The first kappa shape index (κ1) is 15.9. The average Bonchev–Trinajstić information content (AvgIpc) is 2.59. The van der Waals surface area contributed by atoms with Gasteiger partial charge in [-0.15, -0.1) is 0 Å². The van der Waals surface area contributed by atoms with Gasteiger partial charge in [-0.3, -0.25) is 14.5 Å². The van der Waals surface area contributed by atoms with Crippen molar-refractivity contribution in [1.29, 1.82) is 0 Å². The molecule has 3 N–H and O–H groups in total. The molecule has 0 atom stereocenters. The lowest BCUT2D eigenvalue weighted by Gasteiger charge is -2.21. The topological polar surface area (TPSA) is 87.9 Å². The number of nitrogens with zero attached hydrogens (tertiary/aromatic N) is 2. The molecule has 1 aliphatic rings. The van der Waals surface area contributed by atoms with Gasteiger partial charge in [-0.25, -0.2) is 0 Å². The van der Waals surface area contributed by atoms with Gasteiger partial charge in [-0.1, -0.05) is 0 Å². The minimum absolute atomic E-state index is 0.0945. The summed E-state index contributed by atoms with van der Waals surface area (Å²) in [7, 11) is 1.63. The van der Waals surface area contributed by atoms with E-state index in [0.717, 1.165) is 19.5 Å². The van der Waals surface area contributed by atoms with Gasteiger partial charge in [0.25, 0.3) is 0 Å². The maximum Gasteiger partial charge on any atom is 0.236 e. The smallest absolute Gasteiger partial charge is 0.236 e. The maximum absolute atomic E-state index is 12.0. The van der Waals surface area contributed by atoms with Gasteiger partial charge in [0.1, 0.15) is 0 Å². The minimum Gasteiger partial charge on any atom is -0.383 e. The summed E-state index contributed by atoms with van der Waals surface area (Å²) in [5, 5.41) is 3.04. The Kier molecular flexibility index (Phi) is 7.39. The van der Waals surface area contributed by atoms with Crippen molar-refractivity contribution in [3.63, 3.8) is 0 Å². The van der Waals surface area contributed by atoms with Gasteiger partial charge >= 0.3 is 0 Å². The Morgan fingerprint density at radius 2 is 2.05 bits per heavy atom. The Balaban J connectivity index is 2.27. The number of amides is 2. The van der Waals surface area contributed by atoms with E-state index in [9.17, 15) is 9.59 Å². The van der Waals surface area contributed by atoms with E-state index in [1.165, 1.54) is 0 Å². The minimum atomic E-state index is -0.319. The van der Waals surface area contributed by atoms with E-state index in [1.54, 1.807) is 7.11 Å². The highest BCUT2D eigenvalue weighted by Crippen LogP contribution is 2.02. The van der Waals surface area contributed by atoms with Crippen LogP contribution in [0.25, 0.3) is 0 Å². The molecule has 1 rings (SSSR count). The molecule has 7 nitrogen and oxygen atoms in total. The molecule has 19 heavy (non-hydrogen) atoms. The quantitative estimate of drug-likeness (QED) is 0.536. The molecule has 0 aliphatic carbocycles. The van der Waals surface area contributed by atoms with Crippen LogP contribution in [0.1, 0.15) is 6.42 Å². The number of rotatable bonds is 7. The SMILES string of the molecule is COCCNCC(=O)N1CCCN(CC(N)=O)CC1. The van der Waals surface area contributed by atoms with Crippen LogP contribution in [0, 0.1) is 0 Å². The molecule has 0 aromatic rings. The molecule has 0 unspecified atom stereocenters. The molecule has 110 valence electrons. The summed E-state index contributed by atoms with van der Waals surface area (Å²) in [6, 6.07) is 0. The third-order valence-electron chi connectivity index (χ3n) is 3.08. The molecule has 1 fully saturated rings. The van der Waals surface area contributed by atoms with Gasteiger partial charge in [0.15, 0.2) is 0 Å². The number of carbonyl (C=O) groups is 2. The van der Waals surface area contributed by atoms with Crippen LogP contribution in [-0.2, 0) is 14.3 Å². The summed E-state index contributed by atoms with van der Waals surface area (Å²) in [6.45, 7) is 4.77. The largest absolute Gasteiger partial charge is 0.383 e. The van der Waals surface area contributed by atoms with Crippen LogP contribution in [0.2, 0.25) is 0 Å². The van der Waals surface area contributed by atoms with Gasteiger partial charge < -0.3 is 20.7 Å². The zero-order valence-electron chi connectivity index (χ0n) is 11.6. The summed E-state index contributed by atoms with van der Waals surface area (Å²) in [4.78, 5) is 26.7. The average molecular weight is 272 g/mol. The van der Waals surface area contributed by atoms with Crippen LogP contribution in [0.4, 0.5) is 0 Å². The third kappa shape index (κ3) is 6.51. The summed E-state index contributed by atoms with van der Waals surface area (Å²) in [5.41, 5.74) is 5.18. The molecule has 1 aliphatic heterocycles. The highest BCUT2D eigenvalue weighted by atomic mass is 16.5. The van der Waals surface area contributed by atoms with Gasteiger partial charge in [0, 0.05) is 39.8 Å². The number of primary amides is 1. The fourth-order valence-electron chi connectivity index (χ4n) is 2.08. The van der Waals surface area contributed by atoms with E-state index >= 15 is 0 Å². The zero-order chi connectivity index (χ0) is 14.1. The third-order valence-corrected chi connectivity index (χ3v) is 3.08. The molecule has 0 bridgehead atoms. The Labute approximate surface area is 114 Å². The van der Waals surface area contributed by atoms with E-state index < -0.39 is 0 Å². The maximum atomic E-state index is 12.0. The van der Waals surface area contributed by atoms with E-state index in [1.807, 2.05) is 9.80 Å². The second-order valence-electron chi connectivity index (χ2n) is 4.65. The van der Waals surface area contributed by atoms with E-state index in [4.69, 9.17) is 10.5 Å². The van der Waals surface area contributed by atoms with Crippen molar-refractivity contribution in [3.8, 4) is 0 Å². The standard InChI is InChI=1S/C12H24N4O3/c1-19-8-3-14-9-12(18)16-5-2-4-15(6-7-16)10-11(13)17/h14H,2-10H2,1H3,(H2,13,17). The predicted octanol–water partition coefficient (Wildman–Crippen LogP) is -1.76. The number of hydrogen-bond donors (Lipinski definition) is 2. The molecular formula is C12H24N4O3. The van der Waals surface area contributed by atoms with Gasteiger partial charge in [0.05, 0.1) is 19.7 Å². The monoisotopic (exact) mass is 272 g/mol. The number of nitrogens with two attached hydrogens (primary N) is 1. The Bertz CT molecular complexity index is 299. The normalized spacial score (nSPS) is 17.2. The molecular weight excluding hydrogens is 248 g/mol. The van der Waals surface area contributed by atoms with Gasteiger partial charge in [-0.2, -0.15) is 0 Å². The molecule has 0 spiro atoms. The van der Waals surface area contributed by atoms with Crippen molar-refractivity contribution in [2.24, 2.45) is 5.73 Å². The van der Waals surface area contributed by atoms with Crippen molar-refractivity contribution in [2.45, 2.75) is 6.42 Å². The molecule has 2 amide bonds. The van der Waals surface area contributed by atoms with E-state index in [2.05, 4.69) is 5.32 Å². The fraction of sp³-hybridized carbons (Fsp3) is 0.833. The summed E-state index contributed by atoms with van der Waals surface area (Å²) >= 11 is 0. The lowest BCUT2D eigenvalue weighted by molar-refractivity contribution is -0.130. The van der Waals surface area contributed by atoms with Crippen LogP contribution in [0.5, 0.6) is 0 Å². The number of carbonyl (C=O) groups excluding carboxylic acids is 2. The zero-order valence-corrected chi connectivity index (χ0v) is 11.6. The van der Waals surface area contributed by atoms with E-state index in [0.29, 0.717) is 32.8 Å². The number of ether oxygens (including phenoxy) is 1. The van der Waals surface area contributed by atoms with Crippen LogP contribution in [-0.4, -0.2) is 81.1 Å². The van der Waals surface area contributed by atoms with Crippen molar-refractivity contribution in [3.05, 3.63) is 0 Å². The summed E-state index contributed by atoms with van der Waals surface area (Å²) in [5.74, 6) is -0.224. The Morgan fingerprint density at radius 3 is 2.74 bits per heavy atom. The van der Waals surface area contributed by atoms with Crippen molar-refractivity contribution >= 4 is 11.8 Å². The van der Waals surface area contributed by atoms with Gasteiger partial charge in [-0.05, 0) is 6.42 Å². The Morgan fingerprint density at radius 1 is 1.26 bits per heavy atom. The number of nitrogens with one attached hydrogen (secondary N) is 1. The summed E-state index contributed by atoms with van der Waals surface area (Å²) in [6.07, 6.45) is 0.872. The van der Waals surface area contributed by atoms with Crippen LogP contribution in [0.15, 0.2) is 0 Å². The summed E-state index contributed by atoms with van der Waals surface area (Å²) < 4.78 is 4.90. The number of hydrogen-bond acceptors (Lipinski definition) is 5.